The van der Waals surface area contributed by atoms with Gasteiger partial charge in [-0.1, -0.05) is 20.3 Å². The van der Waals surface area contributed by atoms with Crippen LogP contribution in [0.3, 0.4) is 0 Å². The second kappa shape index (κ2) is 29.4. The molecule has 6 atom stereocenters. The Labute approximate surface area is 347 Å². The molecule has 0 radical (unpaired) electrons. The summed E-state index contributed by atoms with van der Waals surface area (Å²) >= 11 is 0. The van der Waals surface area contributed by atoms with Crippen molar-refractivity contribution in [3.05, 3.63) is 0 Å². The Kier molecular flexibility index (Phi) is 26.6. The lowest BCUT2D eigenvalue weighted by molar-refractivity contribution is -0.145. The number of carboxylic acids is 5. The number of ketones is 3. The molecule has 0 heterocycles. The lowest BCUT2D eigenvalue weighted by Crippen LogP contribution is -2.42. The molecule has 60 heavy (non-hydrogen) atoms. The van der Waals surface area contributed by atoms with Crippen LogP contribution in [0.2, 0.25) is 0 Å². The van der Waals surface area contributed by atoms with Crippen molar-refractivity contribution >= 4 is 70.8 Å². The number of hydrogen-bond acceptors (Lipinski definition) is 12. The van der Waals surface area contributed by atoms with E-state index in [-0.39, 0.29) is 43.8 Å². The topological polar surface area (TPSA) is 354 Å². The summed E-state index contributed by atoms with van der Waals surface area (Å²) in [5.41, 5.74) is 0. The molecule has 0 fully saturated rings. The number of rotatable bonds is 35. The van der Waals surface area contributed by atoms with Gasteiger partial charge in [0.15, 0.2) is 0 Å². The quantitative estimate of drug-likeness (QED) is 0.0405. The summed E-state index contributed by atoms with van der Waals surface area (Å²) in [6.45, 7) is 5.15. The smallest absolute Gasteiger partial charge is 0.326 e. The highest BCUT2D eigenvalue weighted by Crippen LogP contribution is 2.18. The largest absolute Gasteiger partial charge is 0.481 e. The Bertz CT molecular complexity index is 1550. The molecule has 0 unspecified atom stereocenters. The molecule has 0 aliphatic carbocycles. The summed E-state index contributed by atoms with van der Waals surface area (Å²) in [7, 11) is 0. The van der Waals surface area contributed by atoms with Crippen molar-refractivity contribution in [1.29, 1.82) is 0 Å². The zero-order valence-corrected chi connectivity index (χ0v) is 34.3. The number of Topliss-reactive ketones (excluding diaryl/α,β-unsaturated/α-hetero) is 3. The van der Waals surface area contributed by atoms with Gasteiger partial charge in [0, 0.05) is 70.8 Å². The van der Waals surface area contributed by atoms with Gasteiger partial charge in [-0.05, 0) is 51.4 Å². The number of hydrogen-bond donors (Lipinski definition) is 9. The van der Waals surface area contributed by atoms with Crippen LogP contribution in [-0.2, 0) is 57.5 Å². The van der Waals surface area contributed by atoms with E-state index in [1.807, 2.05) is 13.8 Å². The van der Waals surface area contributed by atoms with Gasteiger partial charge in [0.2, 0.25) is 23.6 Å². The van der Waals surface area contributed by atoms with Crippen LogP contribution < -0.4 is 21.3 Å². The molecule has 0 aliphatic rings. The molecule has 0 rings (SSSR count). The van der Waals surface area contributed by atoms with E-state index in [1.54, 1.807) is 0 Å². The van der Waals surface area contributed by atoms with Crippen molar-refractivity contribution in [3.63, 3.8) is 0 Å². The first-order valence-electron chi connectivity index (χ1n) is 19.9. The van der Waals surface area contributed by atoms with Crippen LogP contribution in [-0.4, -0.2) is 121 Å². The van der Waals surface area contributed by atoms with Gasteiger partial charge >= 0.3 is 29.8 Å². The summed E-state index contributed by atoms with van der Waals surface area (Å²) in [6, 6.07) is -4.46. The number of unbranched alkanes of at least 4 members (excludes halogenated alkanes) is 1. The molecule has 21 heteroatoms. The molecular weight excluding hydrogens is 796 g/mol. The Morgan fingerprint density at radius 1 is 0.450 bits per heavy atom. The van der Waals surface area contributed by atoms with Gasteiger partial charge in [0.05, 0.1) is 11.8 Å². The lowest BCUT2D eigenvalue weighted by atomic mass is 9.93. The number of nitrogens with one attached hydrogen (secondary N) is 4. The molecule has 0 bridgehead atoms. The van der Waals surface area contributed by atoms with E-state index in [4.69, 9.17) is 5.11 Å². The third-order valence-electron chi connectivity index (χ3n) is 9.71. The van der Waals surface area contributed by atoms with Crippen LogP contribution in [0.4, 0.5) is 0 Å². The Morgan fingerprint density at radius 2 is 0.850 bits per heavy atom. The minimum absolute atomic E-state index is 0.0220. The highest BCUT2D eigenvalue weighted by molar-refractivity contribution is 5.89. The molecule has 0 aromatic carbocycles. The second-order valence-electron chi connectivity index (χ2n) is 14.5. The maximum atomic E-state index is 12.7. The van der Waals surface area contributed by atoms with Gasteiger partial charge < -0.3 is 46.8 Å². The van der Waals surface area contributed by atoms with Crippen molar-refractivity contribution < 1.29 is 83.1 Å². The van der Waals surface area contributed by atoms with Crippen LogP contribution >= 0.6 is 0 Å². The number of carbonyl (C=O) groups is 12. The van der Waals surface area contributed by atoms with E-state index in [2.05, 4.69) is 21.3 Å². The highest BCUT2D eigenvalue weighted by atomic mass is 16.4. The summed E-state index contributed by atoms with van der Waals surface area (Å²) in [5, 5.41) is 56.6. The average Bonchev–Trinajstić information content (AvgIpc) is 3.16. The van der Waals surface area contributed by atoms with E-state index < -0.39 is 140 Å². The summed E-state index contributed by atoms with van der Waals surface area (Å²) in [6.07, 6.45) is -1.87. The first-order valence-corrected chi connectivity index (χ1v) is 19.9. The van der Waals surface area contributed by atoms with Crippen molar-refractivity contribution in [2.75, 3.05) is 6.54 Å². The predicted molar refractivity (Wildman–Crippen MR) is 208 cm³/mol. The van der Waals surface area contributed by atoms with Gasteiger partial charge in [0.1, 0.15) is 35.5 Å². The SMILES string of the molecule is CCC(=O)[C@@H](CC)CCCCNC(=O)CC[C@H](NC(=O)CC[C@H](CC(=O)CC[C@H](NC(=O)CC[C@H](CC(=O)CC[C@H](NC(C)=O)C(=O)O)C(=O)O)C(=O)O)C(=O)O)C(=O)O. The van der Waals surface area contributed by atoms with E-state index in [1.165, 1.54) is 0 Å². The summed E-state index contributed by atoms with van der Waals surface area (Å²) in [4.78, 5) is 144. The third-order valence-corrected chi connectivity index (χ3v) is 9.71. The highest BCUT2D eigenvalue weighted by Gasteiger charge is 2.29. The Morgan fingerprint density at radius 3 is 1.22 bits per heavy atom. The summed E-state index contributed by atoms with van der Waals surface area (Å²) < 4.78 is 0. The van der Waals surface area contributed by atoms with Crippen molar-refractivity contribution in [2.45, 2.75) is 148 Å². The van der Waals surface area contributed by atoms with E-state index in [9.17, 15) is 78.0 Å². The second-order valence-corrected chi connectivity index (χ2v) is 14.5. The molecule has 0 spiro atoms. The number of carboxylic acid groups (broad SMARTS) is 5. The molecular formula is C39H60N4O17. The van der Waals surface area contributed by atoms with E-state index in [0.717, 1.165) is 19.8 Å². The minimum Gasteiger partial charge on any atom is -0.481 e. The monoisotopic (exact) mass is 856 g/mol. The third kappa shape index (κ3) is 24.2. The zero-order chi connectivity index (χ0) is 45.9. The van der Waals surface area contributed by atoms with Crippen LogP contribution in [0.1, 0.15) is 130 Å². The van der Waals surface area contributed by atoms with Crippen LogP contribution in [0.25, 0.3) is 0 Å². The maximum absolute atomic E-state index is 12.7. The van der Waals surface area contributed by atoms with Crippen molar-refractivity contribution in [1.82, 2.24) is 21.3 Å². The van der Waals surface area contributed by atoms with Crippen LogP contribution in [0, 0.1) is 17.8 Å². The molecule has 0 aliphatic heterocycles. The Balaban J connectivity index is 4.92. The van der Waals surface area contributed by atoms with Crippen molar-refractivity contribution in [2.24, 2.45) is 17.8 Å². The maximum Gasteiger partial charge on any atom is 0.326 e. The fourth-order valence-electron chi connectivity index (χ4n) is 6.14. The van der Waals surface area contributed by atoms with Crippen molar-refractivity contribution in [3.8, 4) is 0 Å². The zero-order valence-electron chi connectivity index (χ0n) is 34.3. The van der Waals surface area contributed by atoms with Gasteiger partial charge in [-0.15, -0.1) is 0 Å². The van der Waals surface area contributed by atoms with Gasteiger partial charge in [-0.2, -0.15) is 0 Å². The minimum atomic E-state index is -1.63. The number of aliphatic carboxylic acids is 5. The molecule has 0 saturated carbocycles. The molecule has 338 valence electrons. The molecule has 0 aromatic heterocycles. The fraction of sp³-hybridized carbons (Fsp3) is 0.692. The standard InChI is InChI=1S/C39H60N4O17/c1-4-23(31(47)5-2)8-6-7-19-40-32(48)18-15-30(39(59)60)43-34(50)17-10-25(36(53)54)21-27(46)12-14-29(38(57)58)42-33(49)16-9-24(35(51)52)20-26(45)11-13-28(37(55)56)41-22(3)44/h23-25,28-30H,4-21H2,1-3H3,(H,40,48)(H,41,44)(H,42,49)(H,43,50)(H,51,52)(H,53,54)(H,55,56)(H,57,58)(H,59,60)/t23-,24+,25+,28-,29-,30-/m0/s1. The van der Waals surface area contributed by atoms with E-state index in [0.29, 0.717) is 25.8 Å². The number of amides is 4. The van der Waals surface area contributed by atoms with E-state index >= 15 is 0 Å². The fourth-order valence-corrected chi connectivity index (χ4v) is 6.14. The molecule has 0 aromatic rings. The normalized spacial score (nSPS) is 13.8. The summed E-state index contributed by atoms with van der Waals surface area (Å²) in [5.74, 6) is -14.1. The number of carbonyl (C=O) groups excluding carboxylic acids is 7. The first-order chi connectivity index (χ1) is 28.1. The average molecular weight is 857 g/mol. The van der Waals surface area contributed by atoms with Crippen LogP contribution in [0.5, 0.6) is 0 Å². The molecule has 21 nitrogen and oxygen atoms in total. The van der Waals surface area contributed by atoms with Crippen LogP contribution in [0.15, 0.2) is 0 Å². The molecule has 4 amide bonds. The van der Waals surface area contributed by atoms with Gasteiger partial charge in [-0.3, -0.25) is 43.2 Å². The van der Waals surface area contributed by atoms with Gasteiger partial charge in [0.25, 0.3) is 0 Å². The lowest BCUT2D eigenvalue weighted by Gasteiger charge is -2.17. The molecule has 0 saturated heterocycles. The predicted octanol–water partition coefficient (Wildman–Crippen LogP) is 1.23. The van der Waals surface area contributed by atoms with Gasteiger partial charge in [-0.25, -0.2) is 14.4 Å². The Hall–Kier alpha value is -5.76. The molecule has 9 N–H and O–H groups in total. The first kappa shape index (κ1) is 54.2.